The van der Waals surface area contributed by atoms with Gasteiger partial charge in [-0.25, -0.2) is 17.6 Å². The van der Waals surface area contributed by atoms with Crippen molar-refractivity contribution in [3.8, 4) is 0 Å². The second kappa shape index (κ2) is 11.9. The molecule has 0 N–H and O–H groups in total. The van der Waals surface area contributed by atoms with Gasteiger partial charge in [-0.05, 0) is 0 Å². The number of ether oxygens (including phenoxy) is 1. The van der Waals surface area contributed by atoms with Crippen LogP contribution in [0, 0.1) is 0 Å². The molecule has 0 saturated carbocycles. The minimum Gasteiger partial charge on any atom is -0.368 e. The van der Waals surface area contributed by atoms with E-state index in [-0.39, 0.29) is 58.2 Å². The van der Waals surface area contributed by atoms with Crippen LogP contribution < -0.4 is 0 Å². The smallest absolute Gasteiger partial charge is 0.368 e. The summed E-state index contributed by atoms with van der Waals surface area (Å²) in [6, 6.07) is 0. The van der Waals surface area contributed by atoms with Crippen LogP contribution in [0.4, 0.5) is 105 Å². The summed E-state index contributed by atoms with van der Waals surface area (Å²) in [6.45, 7) is -8.15. The van der Waals surface area contributed by atoms with Crippen LogP contribution in [0.5, 0.6) is 0 Å². The van der Waals surface area contributed by atoms with Crippen molar-refractivity contribution in [2.75, 3.05) is 13.2 Å². The molecule has 237 valence electrons. The minimum atomic E-state index is -8.27. The summed E-state index contributed by atoms with van der Waals surface area (Å²) >= 11 is 0. The molecule has 0 aromatic carbocycles. The number of alkyl halides is 24. The molecular weight excluding hydrogens is 726 g/mol. The molecule has 26 heteroatoms. The summed E-state index contributed by atoms with van der Waals surface area (Å²) in [5.41, 5.74) is 0. The summed E-state index contributed by atoms with van der Waals surface area (Å²) in [4.78, 5) is 0. The summed E-state index contributed by atoms with van der Waals surface area (Å²) in [6.07, 6.45) is -11.9. The van der Waals surface area contributed by atoms with Crippen molar-refractivity contribution in [1.82, 2.24) is 0 Å². The fourth-order valence-corrected chi connectivity index (χ4v) is 2.04. The van der Waals surface area contributed by atoms with Crippen molar-refractivity contribution < 1.29 is 110 Å². The molecule has 0 rings (SSSR count). The second-order valence-corrected chi connectivity index (χ2v) is 7.20. The molecule has 0 bridgehead atoms. The van der Waals surface area contributed by atoms with Gasteiger partial charge in [0.1, 0.15) is 13.2 Å². The van der Waals surface area contributed by atoms with Crippen molar-refractivity contribution in [2.24, 2.45) is 0 Å². The Hall–Kier alpha value is 0.0852. The molecule has 1 radical (unpaired) electrons. The molecule has 0 atom stereocenters. The van der Waals surface area contributed by atoms with E-state index in [4.69, 9.17) is 0 Å². The van der Waals surface area contributed by atoms with Gasteiger partial charge in [-0.15, -0.1) is 0 Å². The Morgan fingerprint density at radius 3 is 0.725 bits per heavy atom. The van der Waals surface area contributed by atoms with E-state index in [0.717, 1.165) is 0 Å². The van der Waals surface area contributed by atoms with Gasteiger partial charge < -0.3 is 4.74 Å². The Morgan fingerprint density at radius 2 is 0.550 bits per heavy atom. The number of halogens is 24. The summed E-state index contributed by atoms with van der Waals surface area (Å²) in [5.74, 6) is -78.4. The third-order valence-corrected chi connectivity index (χ3v) is 4.45. The molecule has 0 heterocycles. The van der Waals surface area contributed by atoms with Crippen molar-refractivity contribution in [3.63, 3.8) is 0 Å². The maximum atomic E-state index is 13.4. The first-order chi connectivity index (χ1) is 16.6. The van der Waals surface area contributed by atoms with E-state index in [1.165, 1.54) is 0 Å². The fourth-order valence-electron chi connectivity index (χ4n) is 2.04. The summed E-state index contributed by atoms with van der Waals surface area (Å²) in [7, 11) is 0. The van der Waals surface area contributed by atoms with Crippen molar-refractivity contribution in [1.29, 1.82) is 0 Å². The van der Waals surface area contributed by atoms with Crippen LogP contribution >= 0.6 is 0 Å². The van der Waals surface area contributed by atoms with Crippen LogP contribution in [0.15, 0.2) is 0 Å². The number of hydrogen-bond donors (Lipinski definition) is 0. The van der Waals surface area contributed by atoms with Gasteiger partial charge in [0.2, 0.25) is 0 Å². The first kappa shape index (κ1) is 42.2. The average molecular weight is 732 g/mol. The number of hydrogen-bond acceptors (Lipinski definition) is 1. The Kier molecular flexibility index (Phi) is 12.5. The molecule has 0 aromatic rings. The Bertz CT molecular complexity index is 781. The van der Waals surface area contributed by atoms with Crippen LogP contribution in [0.1, 0.15) is 0 Å². The van der Waals surface area contributed by atoms with Gasteiger partial charge in [-0.1, -0.05) is 0 Å². The quantitative estimate of drug-likeness (QED) is 0.168. The van der Waals surface area contributed by atoms with Gasteiger partial charge in [0.25, 0.3) is 0 Å². The van der Waals surface area contributed by atoms with Gasteiger partial charge >= 0.3 is 72.1 Å². The molecule has 0 aliphatic rings. The van der Waals surface area contributed by atoms with Crippen molar-refractivity contribution in [2.45, 2.75) is 72.1 Å². The van der Waals surface area contributed by atoms with E-state index in [9.17, 15) is 105 Å². The monoisotopic (exact) mass is 731 g/mol. The molecule has 0 aliphatic heterocycles. The number of rotatable bonds is 14. The maximum absolute atomic E-state index is 13.4. The van der Waals surface area contributed by atoms with Crippen LogP contribution in [0.2, 0.25) is 0 Å². The third kappa shape index (κ3) is 6.18. The standard InChI is InChI=1S/C14H6F24O.Rb/c15-3(16)7(23,24)11(31,32)13(35,36)9(27,28)5(19,20)1-39-2-6(21,22)10(29,30)14(37,38)12(33,34)8(25,26)4(17)18;/h3-4H,1-2H2;. The predicted molar refractivity (Wildman–Crippen MR) is 78.1 cm³/mol. The van der Waals surface area contributed by atoms with Gasteiger partial charge in [0.15, 0.2) is 0 Å². The summed E-state index contributed by atoms with van der Waals surface area (Å²) in [5, 5.41) is 0. The average Bonchev–Trinajstić information content (AvgIpc) is 2.71. The first-order valence-electron chi connectivity index (χ1n) is 8.51. The summed E-state index contributed by atoms with van der Waals surface area (Å²) < 4.78 is 312. The topological polar surface area (TPSA) is 9.23 Å². The maximum Gasteiger partial charge on any atom is 0.384 e. The van der Waals surface area contributed by atoms with E-state index < -0.39 is 85.3 Å². The molecule has 1 nitrogen and oxygen atoms in total. The van der Waals surface area contributed by atoms with Crippen LogP contribution in [-0.4, -0.2) is 143 Å². The van der Waals surface area contributed by atoms with Crippen LogP contribution in [0.25, 0.3) is 0 Å². The Morgan fingerprint density at radius 1 is 0.350 bits per heavy atom. The van der Waals surface area contributed by atoms with E-state index in [2.05, 4.69) is 4.74 Å². The van der Waals surface area contributed by atoms with E-state index in [1.54, 1.807) is 0 Å². The zero-order valence-corrected chi connectivity index (χ0v) is 23.0. The Labute approximate surface area is 252 Å². The second-order valence-electron chi connectivity index (χ2n) is 7.20. The van der Waals surface area contributed by atoms with E-state index in [0.29, 0.717) is 0 Å². The SMILES string of the molecule is FC(F)C(F)(F)C(F)(F)C(F)(F)C(F)(F)C(F)(F)COCC(F)(F)C(F)(F)C(F)(F)C(F)(F)C(F)(F)C(F)F.[Rb]. The van der Waals surface area contributed by atoms with Gasteiger partial charge in [-0.2, -0.15) is 87.8 Å². The molecule has 0 aliphatic carbocycles. The van der Waals surface area contributed by atoms with E-state index in [1.807, 2.05) is 0 Å². The van der Waals surface area contributed by atoms with Crippen molar-refractivity contribution in [3.05, 3.63) is 0 Å². The molecule has 0 fully saturated rings. The van der Waals surface area contributed by atoms with Gasteiger partial charge in [-0.3, -0.25) is 0 Å². The molecule has 40 heavy (non-hydrogen) atoms. The Balaban J connectivity index is 0. The van der Waals surface area contributed by atoms with E-state index >= 15 is 0 Å². The van der Waals surface area contributed by atoms with Gasteiger partial charge in [0.05, 0.1) is 0 Å². The van der Waals surface area contributed by atoms with Crippen molar-refractivity contribution >= 4 is 58.2 Å². The van der Waals surface area contributed by atoms with Crippen LogP contribution in [0.3, 0.4) is 0 Å². The zero-order chi connectivity index (χ0) is 32.3. The molecule has 0 spiro atoms. The predicted octanol–water partition coefficient (Wildman–Crippen LogP) is 7.51. The molecule has 0 unspecified atom stereocenters. The molecule has 0 aromatic heterocycles. The fraction of sp³-hybridized carbons (Fsp3) is 1.00. The molecular formula is C14H6F24ORb. The molecule has 0 saturated heterocycles. The minimum absolute atomic E-state index is 0. The van der Waals surface area contributed by atoms with Crippen LogP contribution in [-0.2, 0) is 4.74 Å². The van der Waals surface area contributed by atoms with Gasteiger partial charge in [0, 0.05) is 58.2 Å². The largest absolute Gasteiger partial charge is 0.384 e. The normalized spacial score (nSPS) is 16.1. The first-order valence-corrected chi connectivity index (χ1v) is 8.51. The third-order valence-electron chi connectivity index (χ3n) is 4.45. The zero-order valence-electron chi connectivity index (χ0n) is 18.0. The molecule has 0 amide bonds.